The highest BCUT2D eigenvalue weighted by Gasteiger charge is 2.35. The van der Waals surface area contributed by atoms with Gasteiger partial charge in [0.15, 0.2) is 5.43 Å². The highest BCUT2D eigenvalue weighted by atomic mass is 16.2. The van der Waals surface area contributed by atoms with Crippen molar-refractivity contribution in [2.45, 2.75) is 26.7 Å². The van der Waals surface area contributed by atoms with Gasteiger partial charge in [-0.3, -0.25) is 24.1 Å². The van der Waals surface area contributed by atoms with Crippen LogP contribution >= 0.6 is 0 Å². The van der Waals surface area contributed by atoms with Crippen LogP contribution in [-0.4, -0.2) is 41.1 Å². The van der Waals surface area contributed by atoms with Crippen LogP contribution in [0.3, 0.4) is 0 Å². The summed E-state index contributed by atoms with van der Waals surface area (Å²) < 4.78 is 1.71. The normalized spacial score (nSPS) is 17.5. The molecule has 2 bridgehead atoms. The number of fused-ring (bicyclic) bond motifs is 4. The van der Waals surface area contributed by atoms with E-state index >= 15 is 0 Å². The molecule has 2 aliphatic heterocycles. The Hall–Kier alpha value is -2.31. The zero-order chi connectivity index (χ0) is 15.3. The zero-order valence-corrected chi connectivity index (χ0v) is 12.2. The maximum absolute atomic E-state index is 12.6. The molecule has 0 spiro atoms. The first-order valence-electron chi connectivity index (χ1n) is 7.04. The zero-order valence-electron chi connectivity index (χ0n) is 12.2. The van der Waals surface area contributed by atoms with E-state index in [2.05, 4.69) is 0 Å². The molecule has 0 radical (unpaired) electrons. The van der Waals surface area contributed by atoms with E-state index in [1.807, 2.05) is 5.01 Å². The minimum atomic E-state index is -0.749. The summed E-state index contributed by atoms with van der Waals surface area (Å²) in [5.41, 5.74) is 5.97. The van der Waals surface area contributed by atoms with Crippen LogP contribution in [0.1, 0.15) is 44.9 Å². The SMILES string of the molecule is Cc1c2n(c(C)c(C(N)=O)c1=O)N1CCCCN(C1)C2=O. The molecule has 2 amide bonds. The molecule has 1 fully saturated rings. The monoisotopic (exact) mass is 290 g/mol. The Labute approximate surface area is 121 Å². The highest BCUT2D eigenvalue weighted by molar-refractivity contribution is 5.98. The van der Waals surface area contributed by atoms with E-state index in [4.69, 9.17) is 5.73 Å². The number of primary amides is 1. The third-order valence-electron chi connectivity index (χ3n) is 4.26. The van der Waals surface area contributed by atoms with Crippen LogP contribution in [0.5, 0.6) is 0 Å². The van der Waals surface area contributed by atoms with Gasteiger partial charge in [-0.1, -0.05) is 0 Å². The summed E-state index contributed by atoms with van der Waals surface area (Å²) in [5.74, 6) is -0.900. The Morgan fingerprint density at radius 1 is 1.14 bits per heavy atom. The van der Waals surface area contributed by atoms with Crippen LogP contribution in [0.2, 0.25) is 0 Å². The van der Waals surface area contributed by atoms with Gasteiger partial charge in [0.25, 0.3) is 11.8 Å². The molecule has 0 unspecified atom stereocenters. The van der Waals surface area contributed by atoms with Crippen molar-refractivity contribution in [1.82, 2.24) is 9.58 Å². The van der Waals surface area contributed by atoms with Crippen molar-refractivity contribution < 1.29 is 9.59 Å². The molecular weight excluding hydrogens is 272 g/mol. The van der Waals surface area contributed by atoms with Gasteiger partial charge >= 0.3 is 0 Å². The van der Waals surface area contributed by atoms with Crippen molar-refractivity contribution in [3.8, 4) is 0 Å². The number of carbonyl (C=O) groups is 2. The second-order valence-corrected chi connectivity index (χ2v) is 5.59. The Morgan fingerprint density at radius 2 is 1.81 bits per heavy atom. The molecule has 0 aliphatic carbocycles. The summed E-state index contributed by atoms with van der Waals surface area (Å²) in [6, 6.07) is 0. The van der Waals surface area contributed by atoms with Gasteiger partial charge in [-0.25, -0.2) is 0 Å². The van der Waals surface area contributed by atoms with E-state index in [0.29, 0.717) is 24.6 Å². The molecule has 0 atom stereocenters. The maximum atomic E-state index is 12.6. The predicted molar refractivity (Wildman–Crippen MR) is 76.9 cm³/mol. The molecule has 7 heteroatoms. The van der Waals surface area contributed by atoms with Crippen LogP contribution in [0.25, 0.3) is 0 Å². The van der Waals surface area contributed by atoms with Gasteiger partial charge in [-0.15, -0.1) is 0 Å². The van der Waals surface area contributed by atoms with Gasteiger partial charge in [-0.05, 0) is 26.7 Å². The molecule has 1 aromatic heterocycles. The largest absolute Gasteiger partial charge is 0.365 e. The van der Waals surface area contributed by atoms with E-state index < -0.39 is 11.3 Å². The first-order chi connectivity index (χ1) is 9.93. The van der Waals surface area contributed by atoms with E-state index in [9.17, 15) is 14.4 Å². The Kier molecular flexibility index (Phi) is 3.00. The number of nitrogens with two attached hydrogens (primary N) is 1. The number of hydrogen-bond donors (Lipinski definition) is 1. The molecule has 0 saturated carbocycles. The number of aromatic nitrogens is 1. The lowest BCUT2D eigenvalue weighted by molar-refractivity contribution is 0.0704. The standard InChI is InChI=1S/C14H18N4O3/c1-8-11-14(21)16-5-3-4-6-17(7-16)18(11)9(2)10(12(8)19)13(15)20/h3-7H2,1-2H3,(H2,15,20). The number of nitrogens with zero attached hydrogens (tertiary/aromatic N) is 3. The molecule has 0 aromatic carbocycles. The van der Waals surface area contributed by atoms with Crippen molar-refractivity contribution in [2.75, 3.05) is 24.8 Å². The Bertz CT molecular complexity index is 707. The topological polar surface area (TPSA) is 88.6 Å². The third-order valence-corrected chi connectivity index (χ3v) is 4.26. The second kappa shape index (κ2) is 4.61. The maximum Gasteiger partial charge on any atom is 0.274 e. The summed E-state index contributed by atoms with van der Waals surface area (Å²) in [5, 5.41) is 2.00. The van der Waals surface area contributed by atoms with Crippen molar-refractivity contribution >= 4 is 11.8 Å². The number of hydrogen-bond acceptors (Lipinski definition) is 4. The fraction of sp³-hybridized carbons (Fsp3) is 0.500. The Balaban J connectivity index is 2.35. The fourth-order valence-corrected chi connectivity index (χ4v) is 3.20. The van der Waals surface area contributed by atoms with Gasteiger partial charge in [-0.2, -0.15) is 0 Å². The van der Waals surface area contributed by atoms with Crippen molar-refractivity contribution in [3.63, 3.8) is 0 Å². The molecule has 7 nitrogen and oxygen atoms in total. The van der Waals surface area contributed by atoms with Gasteiger partial charge in [0.05, 0.1) is 5.69 Å². The van der Waals surface area contributed by atoms with Crippen LogP contribution in [0.4, 0.5) is 0 Å². The second-order valence-electron chi connectivity index (χ2n) is 5.59. The average Bonchev–Trinajstić information content (AvgIpc) is 2.64. The number of pyridine rings is 1. The van der Waals surface area contributed by atoms with E-state index in [-0.39, 0.29) is 17.0 Å². The van der Waals surface area contributed by atoms with Crippen molar-refractivity contribution in [3.05, 3.63) is 32.7 Å². The van der Waals surface area contributed by atoms with Crippen LogP contribution < -0.4 is 16.2 Å². The number of amides is 2. The summed E-state index contributed by atoms with van der Waals surface area (Å²) in [7, 11) is 0. The van der Waals surface area contributed by atoms with E-state index in [1.54, 1.807) is 23.4 Å². The summed E-state index contributed by atoms with van der Waals surface area (Å²) in [4.78, 5) is 38.3. The minimum Gasteiger partial charge on any atom is -0.365 e. The lowest BCUT2D eigenvalue weighted by Gasteiger charge is -2.39. The fourth-order valence-electron chi connectivity index (χ4n) is 3.20. The molecule has 3 rings (SSSR count). The van der Waals surface area contributed by atoms with Gasteiger partial charge in [0.2, 0.25) is 0 Å². The quantitative estimate of drug-likeness (QED) is 0.769. The van der Waals surface area contributed by atoms with Crippen LogP contribution in [-0.2, 0) is 0 Å². The van der Waals surface area contributed by atoms with Gasteiger partial charge < -0.3 is 10.6 Å². The smallest absolute Gasteiger partial charge is 0.274 e. The molecule has 2 aliphatic rings. The highest BCUT2D eigenvalue weighted by Crippen LogP contribution is 2.22. The van der Waals surface area contributed by atoms with Crippen LogP contribution in [0, 0.1) is 13.8 Å². The van der Waals surface area contributed by atoms with Crippen LogP contribution in [0.15, 0.2) is 4.79 Å². The van der Waals surface area contributed by atoms with Gasteiger partial charge in [0, 0.05) is 18.7 Å². The van der Waals surface area contributed by atoms with Crippen molar-refractivity contribution in [1.29, 1.82) is 0 Å². The van der Waals surface area contributed by atoms with E-state index in [1.165, 1.54) is 0 Å². The summed E-state index contributed by atoms with van der Waals surface area (Å²) in [6.45, 7) is 5.20. The Morgan fingerprint density at radius 3 is 2.48 bits per heavy atom. The summed E-state index contributed by atoms with van der Waals surface area (Å²) >= 11 is 0. The molecular formula is C14H18N4O3. The number of rotatable bonds is 1. The van der Waals surface area contributed by atoms with E-state index in [0.717, 1.165) is 19.4 Å². The molecule has 2 N–H and O–H groups in total. The average molecular weight is 290 g/mol. The molecule has 1 aromatic rings. The predicted octanol–water partition coefficient (Wildman–Crippen LogP) is -0.291. The first-order valence-corrected chi connectivity index (χ1v) is 7.04. The minimum absolute atomic E-state index is 0.0262. The first kappa shape index (κ1) is 13.7. The molecule has 3 heterocycles. The number of carbonyl (C=O) groups excluding carboxylic acids is 2. The molecule has 112 valence electrons. The molecule has 1 saturated heterocycles. The lowest BCUT2D eigenvalue weighted by atomic mass is 10.1. The molecule has 21 heavy (non-hydrogen) atoms. The van der Waals surface area contributed by atoms with Gasteiger partial charge in [0.1, 0.15) is 17.9 Å². The van der Waals surface area contributed by atoms with Crippen molar-refractivity contribution in [2.24, 2.45) is 5.73 Å². The summed E-state index contributed by atoms with van der Waals surface area (Å²) in [6.07, 6.45) is 1.89. The third kappa shape index (κ3) is 1.84. The lowest BCUT2D eigenvalue weighted by Crippen LogP contribution is -2.55.